The lowest BCUT2D eigenvalue weighted by Crippen LogP contribution is -2.39. The molecule has 2 aliphatic rings. The second-order valence-corrected chi connectivity index (χ2v) is 6.34. The molecule has 0 aromatic heterocycles. The van der Waals surface area contributed by atoms with Crippen LogP contribution in [-0.4, -0.2) is 37.7 Å². The molecule has 140 valence electrons. The fraction of sp³-hybridized carbons (Fsp3) is 0.263. The molecule has 0 spiro atoms. The van der Waals surface area contributed by atoms with E-state index in [0.717, 1.165) is 0 Å². The van der Waals surface area contributed by atoms with E-state index in [1.807, 2.05) is 0 Å². The summed E-state index contributed by atoms with van der Waals surface area (Å²) in [7, 11) is 0. The number of carbonyl (C=O) groups excluding carboxylic acids is 2. The number of nitrogens with one attached hydrogen (secondary N) is 2. The predicted molar refractivity (Wildman–Crippen MR) is 96.7 cm³/mol. The lowest BCUT2D eigenvalue weighted by molar-refractivity contribution is -0.117. The molecule has 0 unspecified atom stereocenters. The average Bonchev–Trinajstić information content (AvgIpc) is 3.01. The highest BCUT2D eigenvalue weighted by atomic mass is 19.1. The number of anilines is 2. The smallest absolute Gasteiger partial charge is 0.319 e. The molecule has 8 heteroatoms. The second-order valence-electron chi connectivity index (χ2n) is 6.34. The Morgan fingerprint density at radius 2 is 1.93 bits per heavy atom. The molecular weight excluding hydrogens is 353 g/mol. The minimum absolute atomic E-state index is 0.158. The number of benzene rings is 2. The van der Waals surface area contributed by atoms with Gasteiger partial charge in [-0.05, 0) is 30.3 Å². The van der Waals surface area contributed by atoms with Gasteiger partial charge in [-0.1, -0.05) is 6.07 Å². The van der Waals surface area contributed by atoms with Gasteiger partial charge in [-0.3, -0.25) is 4.79 Å². The summed E-state index contributed by atoms with van der Waals surface area (Å²) in [6.45, 7) is 1.25. The van der Waals surface area contributed by atoms with Gasteiger partial charge in [0.05, 0.1) is 6.04 Å². The summed E-state index contributed by atoms with van der Waals surface area (Å²) in [5.74, 6) is 0.644. The van der Waals surface area contributed by atoms with Crippen LogP contribution in [0.5, 0.6) is 11.5 Å². The number of halogens is 1. The third-order valence-electron chi connectivity index (χ3n) is 4.38. The van der Waals surface area contributed by atoms with E-state index in [-0.39, 0.29) is 24.9 Å². The van der Waals surface area contributed by atoms with Gasteiger partial charge in [-0.2, -0.15) is 0 Å². The van der Waals surface area contributed by atoms with Crippen LogP contribution in [0.15, 0.2) is 42.5 Å². The van der Waals surface area contributed by atoms with Crippen LogP contribution in [0.25, 0.3) is 0 Å². The van der Waals surface area contributed by atoms with Gasteiger partial charge in [0.15, 0.2) is 11.5 Å². The number of carbonyl (C=O) groups is 2. The van der Waals surface area contributed by atoms with E-state index in [1.54, 1.807) is 30.3 Å². The quantitative estimate of drug-likeness (QED) is 0.869. The van der Waals surface area contributed by atoms with Crippen molar-refractivity contribution in [3.63, 3.8) is 0 Å². The average molecular weight is 371 g/mol. The van der Waals surface area contributed by atoms with Crippen molar-refractivity contribution in [1.29, 1.82) is 0 Å². The summed E-state index contributed by atoms with van der Waals surface area (Å²) < 4.78 is 24.3. The second kappa shape index (κ2) is 7.14. The number of amides is 3. The van der Waals surface area contributed by atoms with Crippen LogP contribution in [0.3, 0.4) is 0 Å². The van der Waals surface area contributed by atoms with Gasteiger partial charge in [0.25, 0.3) is 0 Å². The predicted octanol–water partition coefficient (Wildman–Crippen LogP) is 2.52. The van der Waals surface area contributed by atoms with Crippen LogP contribution < -0.4 is 25.0 Å². The van der Waals surface area contributed by atoms with Crippen molar-refractivity contribution in [3.8, 4) is 11.5 Å². The molecule has 0 radical (unpaired) electrons. The Kier molecular flexibility index (Phi) is 4.53. The molecule has 7 nitrogen and oxygen atoms in total. The maximum Gasteiger partial charge on any atom is 0.319 e. The maximum absolute atomic E-state index is 13.4. The van der Waals surface area contributed by atoms with Crippen molar-refractivity contribution < 1.29 is 23.5 Å². The Morgan fingerprint density at radius 1 is 1.11 bits per heavy atom. The normalized spacial score (nSPS) is 18.3. The summed E-state index contributed by atoms with van der Waals surface area (Å²) >= 11 is 0. The van der Waals surface area contributed by atoms with Crippen molar-refractivity contribution in [2.45, 2.75) is 12.5 Å². The Labute approximate surface area is 155 Å². The SMILES string of the molecule is O=C(Nc1ccc2c(c1)OCCO2)N[C@H]1CC(=O)N(c2cccc(F)c2)C1. The highest BCUT2D eigenvalue weighted by molar-refractivity contribution is 5.97. The molecule has 2 aliphatic heterocycles. The van der Waals surface area contributed by atoms with Gasteiger partial charge in [-0.15, -0.1) is 0 Å². The van der Waals surface area contributed by atoms with Crippen molar-refractivity contribution in [2.75, 3.05) is 30.0 Å². The van der Waals surface area contributed by atoms with Gasteiger partial charge >= 0.3 is 6.03 Å². The van der Waals surface area contributed by atoms with Crippen LogP contribution in [0.4, 0.5) is 20.6 Å². The van der Waals surface area contributed by atoms with Crippen molar-refractivity contribution in [1.82, 2.24) is 5.32 Å². The number of hydrogen-bond acceptors (Lipinski definition) is 4. The first kappa shape index (κ1) is 17.1. The monoisotopic (exact) mass is 371 g/mol. The van der Waals surface area contributed by atoms with E-state index in [2.05, 4.69) is 10.6 Å². The van der Waals surface area contributed by atoms with Crippen LogP contribution in [0.2, 0.25) is 0 Å². The summed E-state index contributed by atoms with van der Waals surface area (Å²) in [6.07, 6.45) is 0.158. The van der Waals surface area contributed by atoms with Gasteiger partial charge in [0.2, 0.25) is 5.91 Å². The molecule has 27 heavy (non-hydrogen) atoms. The summed E-state index contributed by atoms with van der Waals surface area (Å²) in [5.41, 5.74) is 1.04. The number of nitrogens with zero attached hydrogens (tertiary/aromatic N) is 1. The number of hydrogen-bond donors (Lipinski definition) is 2. The molecule has 0 bridgehead atoms. The van der Waals surface area contributed by atoms with Gasteiger partial charge in [0.1, 0.15) is 19.0 Å². The molecule has 2 aromatic rings. The van der Waals surface area contributed by atoms with Crippen molar-refractivity contribution in [2.24, 2.45) is 0 Å². The van der Waals surface area contributed by atoms with Crippen molar-refractivity contribution >= 4 is 23.3 Å². The Morgan fingerprint density at radius 3 is 2.74 bits per heavy atom. The highest BCUT2D eigenvalue weighted by Gasteiger charge is 2.31. The van der Waals surface area contributed by atoms with Gasteiger partial charge in [0, 0.05) is 30.4 Å². The molecule has 2 aromatic carbocycles. The molecule has 0 aliphatic carbocycles. The zero-order valence-electron chi connectivity index (χ0n) is 14.4. The first-order valence-electron chi connectivity index (χ1n) is 8.61. The lowest BCUT2D eigenvalue weighted by Gasteiger charge is -2.19. The summed E-state index contributed by atoms with van der Waals surface area (Å²) in [6, 6.07) is 10.2. The van der Waals surface area contributed by atoms with Crippen molar-refractivity contribution in [3.05, 3.63) is 48.3 Å². The minimum atomic E-state index is -0.425. The van der Waals surface area contributed by atoms with E-state index in [0.29, 0.717) is 36.1 Å². The standard InChI is InChI=1S/C19H18FN3O4/c20-12-2-1-3-15(8-12)23-11-14(10-18(23)24)22-19(25)21-13-4-5-16-17(9-13)27-7-6-26-16/h1-5,8-9,14H,6-7,10-11H2,(H2,21,22,25)/t14-/m0/s1. The maximum atomic E-state index is 13.4. The topological polar surface area (TPSA) is 79.9 Å². The molecule has 4 rings (SSSR count). The third kappa shape index (κ3) is 3.79. The Hall–Kier alpha value is -3.29. The summed E-state index contributed by atoms with van der Waals surface area (Å²) in [4.78, 5) is 25.9. The molecule has 2 heterocycles. The number of urea groups is 1. The molecule has 3 amide bonds. The summed E-state index contributed by atoms with van der Waals surface area (Å²) in [5, 5.41) is 5.50. The number of fused-ring (bicyclic) bond motifs is 1. The Balaban J connectivity index is 1.37. The molecule has 1 saturated heterocycles. The van der Waals surface area contributed by atoms with E-state index in [4.69, 9.17) is 9.47 Å². The fourth-order valence-corrected chi connectivity index (χ4v) is 3.17. The van der Waals surface area contributed by atoms with E-state index in [9.17, 15) is 14.0 Å². The zero-order chi connectivity index (χ0) is 18.8. The molecule has 1 fully saturated rings. The molecule has 0 saturated carbocycles. The van der Waals surface area contributed by atoms with Crippen LogP contribution >= 0.6 is 0 Å². The Bertz CT molecular complexity index is 889. The molecule has 1 atom stereocenters. The van der Waals surface area contributed by atoms with E-state index < -0.39 is 11.8 Å². The zero-order valence-corrected chi connectivity index (χ0v) is 14.4. The van der Waals surface area contributed by atoms with Crippen LogP contribution in [0.1, 0.15) is 6.42 Å². The largest absolute Gasteiger partial charge is 0.486 e. The van der Waals surface area contributed by atoms with E-state index in [1.165, 1.54) is 17.0 Å². The lowest BCUT2D eigenvalue weighted by atomic mass is 10.2. The van der Waals surface area contributed by atoms with Gasteiger partial charge < -0.3 is 25.0 Å². The minimum Gasteiger partial charge on any atom is -0.486 e. The highest BCUT2D eigenvalue weighted by Crippen LogP contribution is 2.32. The first-order chi connectivity index (χ1) is 13.1. The van der Waals surface area contributed by atoms with Crippen LogP contribution in [0, 0.1) is 5.82 Å². The number of rotatable bonds is 3. The third-order valence-corrected chi connectivity index (χ3v) is 4.38. The fourth-order valence-electron chi connectivity index (χ4n) is 3.17. The van der Waals surface area contributed by atoms with Gasteiger partial charge in [-0.25, -0.2) is 9.18 Å². The first-order valence-corrected chi connectivity index (χ1v) is 8.61. The molecular formula is C19H18FN3O4. The molecule has 2 N–H and O–H groups in total. The van der Waals surface area contributed by atoms with Crippen LogP contribution in [-0.2, 0) is 4.79 Å². The number of ether oxygens (including phenoxy) is 2. The van der Waals surface area contributed by atoms with E-state index >= 15 is 0 Å².